The van der Waals surface area contributed by atoms with E-state index in [-0.39, 0.29) is 38.2 Å². The molecule has 0 saturated carbocycles. The van der Waals surface area contributed by atoms with Crippen molar-refractivity contribution in [1.82, 2.24) is 0 Å². The maximum absolute atomic E-state index is 13.0. The molecule has 616 valence electrons. The molecule has 0 aromatic heterocycles. The molecule has 0 heterocycles. The fourth-order valence-electron chi connectivity index (χ4n) is 13.1. The van der Waals surface area contributed by atoms with Gasteiger partial charge in [0.15, 0.2) is 6.10 Å². The smallest absolute Gasteiger partial charge is 0.361 e. The van der Waals surface area contributed by atoms with E-state index in [1.807, 2.05) is 21.1 Å². The molecule has 0 aliphatic heterocycles. The molecule has 0 aromatic carbocycles. The minimum atomic E-state index is -1.51. The molecule has 0 fully saturated rings. The second-order valence-corrected chi connectivity index (χ2v) is 31.5. The van der Waals surface area contributed by atoms with E-state index < -0.39 is 18.4 Å². The van der Waals surface area contributed by atoms with Crippen molar-refractivity contribution in [2.75, 3.05) is 47.5 Å². The number of unbranched alkanes of at least 4 members (excludes halogenated alkanes) is 47. The van der Waals surface area contributed by atoms with Crippen LogP contribution in [0.2, 0.25) is 0 Å². The second-order valence-electron chi connectivity index (χ2n) is 31.5. The van der Waals surface area contributed by atoms with Crippen LogP contribution in [0.5, 0.6) is 0 Å². The maximum Gasteiger partial charge on any atom is 0.361 e. The summed E-state index contributed by atoms with van der Waals surface area (Å²) in [5.41, 5.74) is 0. The number of ether oxygens (including phenoxy) is 4. The number of allylic oxidation sites excluding steroid dienone is 22. The number of carbonyl (C=O) groups is 3. The van der Waals surface area contributed by atoms with Gasteiger partial charge in [0.1, 0.15) is 13.2 Å². The second kappa shape index (κ2) is 87.0. The van der Waals surface area contributed by atoms with Crippen LogP contribution in [0.1, 0.15) is 412 Å². The van der Waals surface area contributed by atoms with Gasteiger partial charge in [0.05, 0.1) is 34.4 Å². The number of rotatable bonds is 84. The molecule has 0 saturated heterocycles. The van der Waals surface area contributed by atoms with Crippen LogP contribution in [-0.4, -0.2) is 87.4 Å². The Labute approximate surface area is 662 Å². The first-order valence-electron chi connectivity index (χ1n) is 45.3. The van der Waals surface area contributed by atoms with Gasteiger partial charge in [-0.05, 0) is 109 Å². The first-order valence-corrected chi connectivity index (χ1v) is 45.3. The summed E-state index contributed by atoms with van der Waals surface area (Å²) < 4.78 is 23.1. The fraction of sp³-hybridized carbons (Fsp3) is 0.745. The number of hydrogen-bond acceptors (Lipinski definition) is 7. The van der Waals surface area contributed by atoms with Gasteiger partial charge in [-0.25, -0.2) is 4.79 Å². The van der Waals surface area contributed by atoms with E-state index in [4.69, 9.17) is 18.9 Å². The lowest BCUT2D eigenvalue weighted by Gasteiger charge is -2.25. The van der Waals surface area contributed by atoms with Gasteiger partial charge < -0.3 is 28.5 Å². The molecule has 0 bridgehead atoms. The Hall–Kier alpha value is -4.57. The molecule has 0 rings (SSSR count). The number of hydrogen-bond donors (Lipinski definition) is 1. The van der Waals surface area contributed by atoms with Gasteiger partial charge in [-0.1, -0.05) is 424 Å². The van der Waals surface area contributed by atoms with Crippen LogP contribution in [0.3, 0.4) is 0 Å². The summed E-state index contributed by atoms with van der Waals surface area (Å²) in [6.45, 7) is 4.70. The van der Waals surface area contributed by atoms with Crippen molar-refractivity contribution >= 4 is 17.9 Å². The van der Waals surface area contributed by atoms with Crippen molar-refractivity contribution in [3.8, 4) is 0 Å². The minimum absolute atomic E-state index is 0.180. The van der Waals surface area contributed by atoms with Gasteiger partial charge in [0, 0.05) is 12.8 Å². The largest absolute Gasteiger partial charge is 0.477 e. The van der Waals surface area contributed by atoms with Crippen LogP contribution in [0.4, 0.5) is 0 Å². The average molecular weight is 1490 g/mol. The van der Waals surface area contributed by atoms with Crippen LogP contribution in [-0.2, 0) is 33.3 Å². The van der Waals surface area contributed by atoms with Crippen molar-refractivity contribution in [3.05, 3.63) is 134 Å². The molecule has 1 N–H and O–H groups in total. The molecule has 2 unspecified atom stereocenters. The van der Waals surface area contributed by atoms with E-state index in [1.165, 1.54) is 276 Å². The third-order valence-corrected chi connectivity index (χ3v) is 19.9. The first-order chi connectivity index (χ1) is 52.6. The quantitative estimate of drug-likeness (QED) is 0.0211. The lowest BCUT2D eigenvalue weighted by molar-refractivity contribution is -0.870. The highest BCUT2D eigenvalue weighted by Crippen LogP contribution is 2.20. The summed E-state index contributed by atoms with van der Waals surface area (Å²) in [5.74, 6) is -1.98. The van der Waals surface area contributed by atoms with Gasteiger partial charge >= 0.3 is 17.9 Å². The van der Waals surface area contributed by atoms with Gasteiger partial charge in [-0.3, -0.25) is 9.59 Å². The Kier molecular flexibility index (Phi) is 83.3. The summed E-state index contributed by atoms with van der Waals surface area (Å²) in [5, 5.41) is 9.80. The third kappa shape index (κ3) is 88.5. The molecule has 0 aliphatic carbocycles. The standard InChI is InChI=1S/C98H171NO8/c1-6-8-10-12-14-16-18-20-22-24-26-28-30-32-34-36-38-40-42-44-46-48-50-52-54-56-58-60-62-64-66-68-70-72-74-76-78-80-82-84-86-88-95(100)105-92-94(93-106-98(97(102)103)104-91-90-99(3,4)5)107-96(101)89-87-85-83-81-79-77-75-73-71-69-67-65-63-61-59-57-55-53-51-49-47-45-43-41-39-37-35-33-31-29-27-25-23-21-19-17-15-13-11-9-7-2/h8-11,14-17,20-23,26-29,33,35,39,41,45,47,94,98H,6-7,12-13,18-19,24-25,30-32,34,36-38,40,42-44,46,48-93H2,1-5H3/p+1/b10-8-,11-9-,16-14-,17-15-,22-20-,23-21-,28-26-,29-27-,35-33-,41-39-,47-45-. The van der Waals surface area contributed by atoms with E-state index >= 15 is 0 Å². The van der Waals surface area contributed by atoms with Crippen molar-refractivity contribution in [2.45, 2.75) is 424 Å². The summed E-state index contributed by atoms with van der Waals surface area (Å²) in [4.78, 5) is 37.8. The highest BCUT2D eigenvalue weighted by Gasteiger charge is 2.25. The number of likely N-dealkylation sites (N-methyl/N-ethyl adjacent to an activating group) is 1. The van der Waals surface area contributed by atoms with Crippen molar-refractivity contribution in [2.24, 2.45) is 0 Å². The lowest BCUT2D eigenvalue weighted by atomic mass is 10.0. The highest BCUT2D eigenvalue weighted by atomic mass is 16.7. The van der Waals surface area contributed by atoms with E-state index in [2.05, 4.69) is 148 Å². The van der Waals surface area contributed by atoms with E-state index in [0.29, 0.717) is 17.4 Å². The molecule has 0 aromatic rings. The predicted octanol–water partition coefficient (Wildman–Crippen LogP) is 29.9. The molecule has 107 heavy (non-hydrogen) atoms. The molecule has 0 spiro atoms. The number of esters is 2. The summed E-state index contributed by atoms with van der Waals surface area (Å²) in [7, 11) is 6.00. The molecule has 0 aliphatic rings. The van der Waals surface area contributed by atoms with Gasteiger partial charge in [0.2, 0.25) is 0 Å². The number of aliphatic carboxylic acids is 1. The van der Waals surface area contributed by atoms with Crippen LogP contribution >= 0.6 is 0 Å². The zero-order chi connectivity index (χ0) is 77.4. The number of carboxylic acid groups (broad SMARTS) is 1. The maximum atomic E-state index is 13.0. The Balaban J connectivity index is 3.92. The molecule has 9 nitrogen and oxygen atoms in total. The molecular formula is C98H172NO8+. The Morgan fingerprint density at radius 1 is 0.280 bits per heavy atom. The van der Waals surface area contributed by atoms with Crippen molar-refractivity contribution in [1.29, 1.82) is 0 Å². The SMILES string of the molecule is CC/C=C\C/C=C\C/C=C\C/C=C\C/C=C\C/C=C\C/C=C\CCCCCCCCCCCCCCCCCCCCCC(=O)OC(COC(=O)CCCCCCCCCCCCCCCCCCCCCCCCCCCCCC/C=C\C/C=C\C/C=C\C/C=C\CC)COC(OCC[N+](C)(C)C)C(=O)O. The van der Waals surface area contributed by atoms with Gasteiger partial charge in [-0.2, -0.15) is 0 Å². The molecule has 2 atom stereocenters. The van der Waals surface area contributed by atoms with Crippen LogP contribution in [0, 0.1) is 0 Å². The van der Waals surface area contributed by atoms with Crippen molar-refractivity contribution in [3.63, 3.8) is 0 Å². The monoisotopic (exact) mass is 1490 g/mol. The minimum Gasteiger partial charge on any atom is -0.477 e. The number of carbonyl (C=O) groups excluding carboxylic acids is 2. The zero-order valence-electron chi connectivity index (χ0n) is 70.8. The average Bonchev–Trinajstić information content (AvgIpc) is 0.965. The molecule has 0 radical (unpaired) electrons. The Bertz CT molecular complexity index is 2240. The number of quaternary nitrogens is 1. The lowest BCUT2D eigenvalue weighted by Crippen LogP contribution is -2.40. The Morgan fingerprint density at radius 3 is 0.748 bits per heavy atom. The number of carboxylic acids is 1. The van der Waals surface area contributed by atoms with E-state index in [1.54, 1.807) is 0 Å². The van der Waals surface area contributed by atoms with Gasteiger partial charge in [0.25, 0.3) is 6.29 Å². The Morgan fingerprint density at radius 2 is 0.505 bits per heavy atom. The van der Waals surface area contributed by atoms with Crippen LogP contribution in [0.15, 0.2) is 134 Å². The summed E-state index contributed by atoms with van der Waals surface area (Å²) in [6.07, 6.45) is 124. The molecule has 9 heteroatoms. The van der Waals surface area contributed by atoms with E-state index in [0.717, 1.165) is 109 Å². The van der Waals surface area contributed by atoms with Crippen LogP contribution < -0.4 is 0 Å². The van der Waals surface area contributed by atoms with Crippen molar-refractivity contribution < 1.29 is 42.9 Å². The summed E-state index contributed by atoms with van der Waals surface area (Å²) >= 11 is 0. The van der Waals surface area contributed by atoms with E-state index in [9.17, 15) is 19.5 Å². The van der Waals surface area contributed by atoms with Gasteiger partial charge in [-0.15, -0.1) is 0 Å². The highest BCUT2D eigenvalue weighted by molar-refractivity contribution is 5.71. The zero-order valence-corrected chi connectivity index (χ0v) is 70.8. The summed E-state index contributed by atoms with van der Waals surface area (Å²) in [6, 6.07) is 0. The predicted molar refractivity (Wildman–Crippen MR) is 465 cm³/mol. The fourth-order valence-corrected chi connectivity index (χ4v) is 13.1. The molecule has 0 amide bonds. The van der Waals surface area contributed by atoms with Crippen LogP contribution in [0.25, 0.3) is 0 Å². The molecular weight excluding hydrogens is 1320 g/mol. The topological polar surface area (TPSA) is 108 Å². The number of nitrogens with zero attached hydrogens (tertiary/aromatic N) is 1. The third-order valence-electron chi connectivity index (χ3n) is 19.9. The normalized spacial score (nSPS) is 13.2. The first kappa shape index (κ1) is 102.